The molecule has 0 spiro atoms. The van der Waals surface area contributed by atoms with Crippen LogP contribution in [0.3, 0.4) is 0 Å². The SMILES string of the molecule is CCC(CNC(=O)[C@H](C)N)Oc1ccccc1F.Cl. The molecular formula is C13H20ClFN2O2. The Kier molecular flexibility index (Phi) is 8.11. The number of carbonyl (C=O) groups is 1. The van der Waals surface area contributed by atoms with Gasteiger partial charge in [0.2, 0.25) is 5.91 Å². The van der Waals surface area contributed by atoms with Crippen LogP contribution < -0.4 is 15.8 Å². The zero-order valence-electron chi connectivity index (χ0n) is 11.1. The third-order valence-electron chi connectivity index (χ3n) is 2.50. The molecule has 6 heteroatoms. The third-order valence-corrected chi connectivity index (χ3v) is 2.50. The summed E-state index contributed by atoms with van der Waals surface area (Å²) in [4.78, 5) is 11.3. The van der Waals surface area contributed by atoms with Gasteiger partial charge in [-0.2, -0.15) is 0 Å². The van der Waals surface area contributed by atoms with Crippen LogP contribution in [0.15, 0.2) is 24.3 Å². The van der Waals surface area contributed by atoms with Gasteiger partial charge in [-0.15, -0.1) is 12.4 Å². The molecule has 108 valence electrons. The minimum Gasteiger partial charge on any atom is -0.486 e. The first-order valence-corrected chi connectivity index (χ1v) is 5.99. The van der Waals surface area contributed by atoms with Crippen LogP contribution in [0.4, 0.5) is 4.39 Å². The van der Waals surface area contributed by atoms with Gasteiger partial charge >= 0.3 is 0 Å². The lowest BCUT2D eigenvalue weighted by atomic mass is 10.2. The summed E-state index contributed by atoms with van der Waals surface area (Å²) in [5.74, 6) is -0.459. The van der Waals surface area contributed by atoms with E-state index >= 15 is 0 Å². The first-order valence-electron chi connectivity index (χ1n) is 5.99. The van der Waals surface area contributed by atoms with Crippen molar-refractivity contribution in [2.45, 2.75) is 32.4 Å². The highest BCUT2D eigenvalue weighted by Crippen LogP contribution is 2.17. The number of benzene rings is 1. The van der Waals surface area contributed by atoms with Crippen LogP contribution in [0.2, 0.25) is 0 Å². The van der Waals surface area contributed by atoms with E-state index in [9.17, 15) is 9.18 Å². The van der Waals surface area contributed by atoms with Crippen molar-refractivity contribution in [3.8, 4) is 5.75 Å². The Morgan fingerprint density at radius 1 is 1.47 bits per heavy atom. The van der Waals surface area contributed by atoms with E-state index in [1.165, 1.54) is 6.07 Å². The molecule has 0 aliphatic rings. The lowest BCUT2D eigenvalue weighted by molar-refractivity contribution is -0.122. The number of nitrogens with one attached hydrogen (secondary N) is 1. The van der Waals surface area contributed by atoms with Crippen molar-refractivity contribution in [2.75, 3.05) is 6.54 Å². The van der Waals surface area contributed by atoms with Gasteiger partial charge in [-0.25, -0.2) is 4.39 Å². The van der Waals surface area contributed by atoms with Gasteiger partial charge in [-0.1, -0.05) is 19.1 Å². The van der Waals surface area contributed by atoms with Crippen LogP contribution in [-0.4, -0.2) is 24.6 Å². The van der Waals surface area contributed by atoms with E-state index in [4.69, 9.17) is 10.5 Å². The predicted molar refractivity (Wildman–Crippen MR) is 75.0 cm³/mol. The van der Waals surface area contributed by atoms with Crippen molar-refractivity contribution in [1.29, 1.82) is 0 Å². The van der Waals surface area contributed by atoms with Crippen LogP contribution >= 0.6 is 12.4 Å². The van der Waals surface area contributed by atoms with Crippen molar-refractivity contribution in [1.82, 2.24) is 5.32 Å². The minimum absolute atomic E-state index is 0. The van der Waals surface area contributed by atoms with E-state index in [0.29, 0.717) is 13.0 Å². The average molecular weight is 291 g/mol. The van der Waals surface area contributed by atoms with Crippen molar-refractivity contribution >= 4 is 18.3 Å². The summed E-state index contributed by atoms with van der Waals surface area (Å²) in [5.41, 5.74) is 5.43. The Morgan fingerprint density at radius 2 is 2.11 bits per heavy atom. The molecule has 0 aliphatic heterocycles. The molecule has 1 amide bonds. The number of rotatable bonds is 6. The molecule has 0 aliphatic carbocycles. The van der Waals surface area contributed by atoms with Crippen LogP contribution in [0.25, 0.3) is 0 Å². The molecule has 4 nitrogen and oxygen atoms in total. The maximum absolute atomic E-state index is 13.4. The first-order chi connectivity index (χ1) is 8.54. The Bertz CT molecular complexity index is 402. The molecule has 3 N–H and O–H groups in total. The van der Waals surface area contributed by atoms with E-state index in [0.717, 1.165) is 0 Å². The summed E-state index contributed by atoms with van der Waals surface area (Å²) in [7, 11) is 0. The van der Waals surface area contributed by atoms with Gasteiger partial charge in [0.05, 0.1) is 12.6 Å². The Hall–Kier alpha value is -1.33. The van der Waals surface area contributed by atoms with Gasteiger partial charge in [0.1, 0.15) is 6.10 Å². The molecule has 19 heavy (non-hydrogen) atoms. The number of carbonyl (C=O) groups excluding carboxylic acids is 1. The second kappa shape index (κ2) is 8.72. The topological polar surface area (TPSA) is 64.4 Å². The molecule has 0 saturated carbocycles. The number of para-hydroxylation sites is 1. The number of amides is 1. The van der Waals surface area contributed by atoms with E-state index < -0.39 is 11.9 Å². The molecule has 0 bridgehead atoms. The number of nitrogens with two attached hydrogens (primary N) is 1. The minimum atomic E-state index is -0.559. The van der Waals surface area contributed by atoms with E-state index in [1.54, 1.807) is 25.1 Å². The summed E-state index contributed by atoms with van der Waals surface area (Å²) < 4.78 is 18.9. The average Bonchev–Trinajstić information content (AvgIpc) is 2.36. The van der Waals surface area contributed by atoms with Gasteiger partial charge in [-0.3, -0.25) is 4.79 Å². The monoisotopic (exact) mass is 290 g/mol. The number of ether oxygens (including phenoxy) is 1. The van der Waals surface area contributed by atoms with Crippen molar-refractivity contribution < 1.29 is 13.9 Å². The molecule has 0 fully saturated rings. The van der Waals surface area contributed by atoms with Crippen molar-refractivity contribution in [2.24, 2.45) is 5.73 Å². The molecule has 1 rings (SSSR count). The molecule has 1 aromatic rings. The molecule has 0 heterocycles. The lowest BCUT2D eigenvalue weighted by Crippen LogP contribution is -2.42. The summed E-state index contributed by atoms with van der Waals surface area (Å²) in [6.45, 7) is 3.82. The Balaban J connectivity index is 0.00000324. The molecule has 0 saturated heterocycles. The van der Waals surface area contributed by atoms with Crippen molar-refractivity contribution in [3.63, 3.8) is 0 Å². The van der Waals surface area contributed by atoms with Gasteiger partial charge in [0.25, 0.3) is 0 Å². The molecule has 0 aromatic heterocycles. The van der Waals surface area contributed by atoms with Crippen LogP contribution in [-0.2, 0) is 4.79 Å². The fourth-order valence-corrected chi connectivity index (χ4v) is 1.36. The van der Waals surface area contributed by atoms with Gasteiger partial charge in [0.15, 0.2) is 11.6 Å². The first kappa shape index (κ1) is 17.7. The number of hydrogen-bond donors (Lipinski definition) is 2. The van der Waals surface area contributed by atoms with E-state index in [1.807, 2.05) is 6.92 Å². The summed E-state index contributed by atoms with van der Waals surface area (Å²) in [6.07, 6.45) is 0.387. The molecule has 1 aromatic carbocycles. The van der Waals surface area contributed by atoms with Crippen LogP contribution in [0.1, 0.15) is 20.3 Å². The third kappa shape index (κ3) is 5.89. The Morgan fingerprint density at radius 3 is 2.63 bits per heavy atom. The highest BCUT2D eigenvalue weighted by Gasteiger charge is 2.13. The van der Waals surface area contributed by atoms with Gasteiger partial charge < -0.3 is 15.8 Å². The molecule has 0 radical (unpaired) electrons. The Labute approximate surface area is 118 Å². The zero-order chi connectivity index (χ0) is 13.5. The van der Waals surface area contributed by atoms with Crippen LogP contribution in [0.5, 0.6) is 5.75 Å². The normalized spacial score (nSPS) is 13.1. The zero-order valence-corrected chi connectivity index (χ0v) is 11.9. The summed E-state index contributed by atoms with van der Waals surface area (Å²) in [5, 5.41) is 2.66. The lowest BCUT2D eigenvalue weighted by Gasteiger charge is -2.19. The predicted octanol–water partition coefficient (Wildman–Crippen LogP) is 1.87. The highest BCUT2D eigenvalue weighted by atomic mass is 35.5. The summed E-state index contributed by atoms with van der Waals surface area (Å²) >= 11 is 0. The van der Waals surface area contributed by atoms with E-state index in [2.05, 4.69) is 5.32 Å². The second-order valence-corrected chi connectivity index (χ2v) is 4.11. The molecule has 2 atom stereocenters. The standard InChI is InChI=1S/C13H19FN2O2.ClH/c1-3-10(8-16-13(17)9(2)15)18-12-7-5-4-6-11(12)14;/h4-7,9-10H,3,8,15H2,1-2H3,(H,16,17);1H/t9-,10?;/m0./s1. The van der Waals surface area contributed by atoms with Crippen LogP contribution in [0, 0.1) is 5.82 Å². The fourth-order valence-electron chi connectivity index (χ4n) is 1.36. The highest BCUT2D eigenvalue weighted by molar-refractivity contribution is 5.85. The number of hydrogen-bond acceptors (Lipinski definition) is 3. The number of halogens is 2. The maximum Gasteiger partial charge on any atom is 0.236 e. The molecule has 1 unspecified atom stereocenters. The fraction of sp³-hybridized carbons (Fsp3) is 0.462. The van der Waals surface area contributed by atoms with Gasteiger partial charge in [0, 0.05) is 0 Å². The van der Waals surface area contributed by atoms with Crippen molar-refractivity contribution in [3.05, 3.63) is 30.1 Å². The second-order valence-electron chi connectivity index (χ2n) is 4.11. The maximum atomic E-state index is 13.4. The smallest absolute Gasteiger partial charge is 0.236 e. The summed E-state index contributed by atoms with van der Waals surface area (Å²) in [6, 6.07) is 5.64. The quantitative estimate of drug-likeness (QED) is 0.841. The van der Waals surface area contributed by atoms with E-state index in [-0.39, 0.29) is 30.2 Å². The van der Waals surface area contributed by atoms with Gasteiger partial charge in [-0.05, 0) is 25.5 Å². The largest absolute Gasteiger partial charge is 0.486 e. The molecular weight excluding hydrogens is 271 g/mol.